The Balaban J connectivity index is 1.99. The van der Waals surface area contributed by atoms with Crippen LogP contribution in [0, 0.1) is 0 Å². The average Bonchev–Trinajstić information content (AvgIpc) is 2.91. The second-order valence-electron chi connectivity index (χ2n) is 5.71. The summed E-state index contributed by atoms with van der Waals surface area (Å²) in [7, 11) is 0. The van der Waals surface area contributed by atoms with Crippen LogP contribution in [0.2, 0.25) is 10.0 Å². The Hall–Kier alpha value is -2.90. The van der Waals surface area contributed by atoms with Gasteiger partial charge in [-0.25, -0.2) is 0 Å². The van der Waals surface area contributed by atoms with Crippen LogP contribution < -0.4 is 0 Å². The molecule has 0 aliphatic heterocycles. The molecule has 7 nitrogen and oxygen atoms in total. The molecule has 0 aliphatic carbocycles. The molecule has 1 N–H and O–H groups in total. The number of esters is 1. The van der Waals surface area contributed by atoms with E-state index >= 15 is 0 Å². The minimum atomic E-state index is -0.691. The summed E-state index contributed by atoms with van der Waals surface area (Å²) < 4.78 is 6.28. The number of ether oxygens (including phenoxy) is 1. The number of benzene rings is 2. The number of hydrogen-bond acceptors (Lipinski definition) is 5. The third-order valence-corrected chi connectivity index (χ3v) is 4.46. The van der Waals surface area contributed by atoms with Gasteiger partial charge in [0.1, 0.15) is 6.54 Å². The molecule has 28 heavy (non-hydrogen) atoms. The molecular weight excluding hydrogens is 405 g/mol. The molecule has 0 bridgehead atoms. The molecule has 0 saturated heterocycles. The number of para-hydroxylation sites is 1. The van der Waals surface area contributed by atoms with E-state index in [0.717, 1.165) is 0 Å². The van der Waals surface area contributed by atoms with Crippen molar-refractivity contribution in [2.75, 3.05) is 6.61 Å². The van der Waals surface area contributed by atoms with Crippen LogP contribution in [0.1, 0.15) is 17.3 Å². The quantitative estimate of drug-likeness (QED) is 0.457. The summed E-state index contributed by atoms with van der Waals surface area (Å²) in [6.45, 7) is 1.72. The van der Waals surface area contributed by atoms with Crippen molar-refractivity contribution in [2.45, 2.75) is 13.5 Å². The number of aromatic hydroxyl groups is 1. The fourth-order valence-electron chi connectivity index (χ4n) is 2.68. The summed E-state index contributed by atoms with van der Waals surface area (Å²) in [5.41, 5.74) is 0.752. The van der Waals surface area contributed by atoms with Gasteiger partial charge in [0.25, 0.3) is 5.91 Å². The minimum Gasteiger partial charge on any atom is -0.493 e. The van der Waals surface area contributed by atoms with Crippen LogP contribution >= 0.6 is 23.2 Å². The van der Waals surface area contributed by atoms with E-state index in [1.807, 2.05) is 0 Å². The van der Waals surface area contributed by atoms with Crippen LogP contribution in [-0.2, 0) is 16.1 Å². The van der Waals surface area contributed by atoms with Crippen molar-refractivity contribution >= 4 is 51.7 Å². The van der Waals surface area contributed by atoms with Crippen molar-refractivity contribution < 1.29 is 19.4 Å². The molecule has 9 heteroatoms. The lowest BCUT2D eigenvalue weighted by atomic mass is 10.2. The molecule has 3 rings (SSSR count). The van der Waals surface area contributed by atoms with Crippen LogP contribution in [-0.4, -0.2) is 28.2 Å². The van der Waals surface area contributed by atoms with Crippen LogP contribution in [0.15, 0.2) is 52.7 Å². The van der Waals surface area contributed by atoms with E-state index in [4.69, 9.17) is 27.9 Å². The lowest BCUT2D eigenvalue weighted by Gasteiger charge is -2.06. The molecule has 0 radical (unpaired) electrons. The first-order valence-electron chi connectivity index (χ1n) is 8.29. The lowest BCUT2D eigenvalue weighted by molar-refractivity contribution is -0.143. The number of rotatable bonds is 5. The number of carbonyl (C=O) groups is 2. The maximum absolute atomic E-state index is 12.3. The zero-order valence-electron chi connectivity index (χ0n) is 14.7. The summed E-state index contributed by atoms with van der Waals surface area (Å²) in [6.07, 6.45) is 0. The van der Waals surface area contributed by atoms with Crippen LogP contribution in [0.25, 0.3) is 10.9 Å². The predicted octanol–water partition coefficient (Wildman–Crippen LogP) is 5.14. The van der Waals surface area contributed by atoms with E-state index < -0.39 is 11.9 Å². The third-order valence-electron chi connectivity index (χ3n) is 3.91. The molecule has 3 aromatic rings. The number of hydrogen-bond donors (Lipinski definition) is 1. The van der Waals surface area contributed by atoms with Gasteiger partial charge in [0.05, 0.1) is 22.7 Å². The topological polar surface area (TPSA) is 93.2 Å². The van der Waals surface area contributed by atoms with Gasteiger partial charge in [0.2, 0.25) is 5.88 Å². The predicted molar refractivity (Wildman–Crippen MR) is 106 cm³/mol. The number of azo groups is 1. The minimum absolute atomic E-state index is 0.0679. The van der Waals surface area contributed by atoms with E-state index in [1.54, 1.807) is 31.2 Å². The first-order chi connectivity index (χ1) is 13.4. The van der Waals surface area contributed by atoms with Crippen molar-refractivity contribution in [3.05, 3.63) is 58.1 Å². The van der Waals surface area contributed by atoms with Gasteiger partial charge in [-0.05, 0) is 31.2 Å². The molecule has 1 amide bonds. The molecule has 0 aliphatic rings. The normalized spacial score (nSPS) is 11.2. The van der Waals surface area contributed by atoms with Gasteiger partial charge < -0.3 is 9.84 Å². The van der Waals surface area contributed by atoms with Crippen LogP contribution in [0.3, 0.4) is 0 Å². The highest BCUT2D eigenvalue weighted by atomic mass is 35.5. The maximum atomic E-state index is 12.3. The second-order valence-corrected chi connectivity index (χ2v) is 6.55. The zero-order valence-corrected chi connectivity index (χ0v) is 16.2. The fraction of sp³-hybridized carbons (Fsp3) is 0.158. The van der Waals surface area contributed by atoms with Crippen LogP contribution in [0.5, 0.6) is 5.88 Å². The largest absolute Gasteiger partial charge is 0.493 e. The first-order valence-corrected chi connectivity index (χ1v) is 9.05. The molecule has 2 aromatic carbocycles. The van der Waals surface area contributed by atoms with Gasteiger partial charge in [0.15, 0.2) is 5.69 Å². The summed E-state index contributed by atoms with van der Waals surface area (Å²) in [6, 6.07) is 11.3. The number of fused-ring (bicyclic) bond motifs is 1. The lowest BCUT2D eigenvalue weighted by Crippen LogP contribution is -2.12. The monoisotopic (exact) mass is 419 g/mol. The molecule has 144 valence electrons. The van der Waals surface area contributed by atoms with Gasteiger partial charge in [-0.2, -0.15) is 0 Å². The van der Waals surface area contributed by atoms with Gasteiger partial charge >= 0.3 is 5.97 Å². The Bertz CT molecular complexity index is 1090. The average molecular weight is 420 g/mol. The zero-order chi connectivity index (χ0) is 20.3. The highest BCUT2D eigenvalue weighted by molar-refractivity contribution is 6.36. The Kier molecular flexibility index (Phi) is 5.96. The number of amides is 1. The number of carbonyl (C=O) groups excluding carboxylic acids is 2. The Morgan fingerprint density at radius 3 is 2.64 bits per heavy atom. The van der Waals surface area contributed by atoms with Gasteiger partial charge in [-0.1, -0.05) is 41.4 Å². The number of halogens is 2. The van der Waals surface area contributed by atoms with E-state index in [2.05, 4.69) is 10.2 Å². The standard InChI is InChI=1S/C19H15Cl2N3O4/c1-2-28-16(25)10-24-15-6-4-3-5-13(15)17(19(24)27)22-23-18(26)12-8-7-11(20)9-14(12)21/h3-9,27H,2,10H2,1H3. The summed E-state index contributed by atoms with van der Waals surface area (Å²) in [4.78, 5) is 24.2. The summed E-state index contributed by atoms with van der Waals surface area (Å²) in [5.74, 6) is -1.50. The van der Waals surface area contributed by atoms with Crippen LogP contribution in [0.4, 0.5) is 5.69 Å². The molecule has 0 fully saturated rings. The molecule has 0 unspecified atom stereocenters. The summed E-state index contributed by atoms with van der Waals surface area (Å²) >= 11 is 11.8. The van der Waals surface area contributed by atoms with Crippen molar-refractivity contribution in [2.24, 2.45) is 10.2 Å². The number of aromatic nitrogens is 1. The smallest absolute Gasteiger partial charge is 0.326 e. The van der Waals surface area contributed by atoms with Crippen molar-refractivity contribution in [3.63, 3.8) is 0 Å². The highest BCUT2D eigenvalue weighted by Crippen LogP contribution is 2.39. The fourth-order valence-corrected chi connectivity index (χ4v) is 3.17. The Labute approximate surface area is 170 Å². The Morgan fingerprint density at radius 2 is 1.93 bits per heavy atom. The molecule has 0 saturated carbocycles. The molecule has 0 spiro atoms. The maximum Gasteiger partial charge on any atom is 0.326 e. The van der Waals surface area contributed by atoms with E-state index in [1.165, 1.54) is 22.8 Å². The molecule has 1 aromatic heterocycles. The molecular formula is C19H15Cl2N3O4. The van der Waals surface area contributed by atoms with Crippen molar-refractivity contribution in [1.29, 1.82) is 0 Å². The molecule has 0 atom stereocenters. The summed E-state index contributed by atoms with van der Waals surface area (Å²) in [5, 5.41) is 19.2. The second kappa shape index (κ2) is 8.41. The number of nitrogens with zero attached hydrogens (tertiary/aromatic N) is 3. The molecule has 1 heterocycles. The first kappa shape index (κ1) is 19.9. The van der Waals surface area contributed by atoms with Crippen molar-refractivity contribution in [3.8, 4) is 5.88 Å². The van der Waals surface area contributed by atoms with E-state index in [9.17, 15) is 14.7 Å². The third kappa shape index (κ3) is 4.00. The van der Waals surface area contributed by atoms with Gasteiger partial charge in [0, 0.05) is 10.4 Å². The Morgan fingerprint density at radius 1 is 1.18 bits per heavy atom. The SMILES string of the molecule is CCOC(=O)Cn1c(O)c(N=NC(=O)c2ccc(Cl)cc2Cl)c2ccccc21. The van der Waals surface area contributed by atoms with E-state index in [0.29, 0.717) is 15.9 Å². The van der Waals surface area contributed by atoms with E-state index in [-0.39, 0.29) is 35.3 Å². The van der Waals surface area contributed by atoms with Crippen molar-refractivity contribution in [1.82, 2.24) is 4.57 Å². The highest BCUT2D eigenvalue weighted by Gasteiger charge is 2.19. The van der Waals surface area contributed by atoms with Gasteiger partial charge in [-0.3, -0.25) is 14.2 Å². The van der Waals surface area contributed by atoms with Gasteiger partial charge in [-0.15, -0.1) is 10.2 Å².